The number of nitrogens with one attached hydrogen (secondary N) is 1. The van der Waals surface area contributed by atoms with Gasteiger partial charge in [-0.05, 0) is 42.0 Å². The fourth-order valence-electron chi connectivity index (χ4n) is 1.47. The van der Waals surface area contributed by atoms with E-state index in [-0.39, 0.29) is 17.3 Å². The minimum atomic E-state index is -3.78. The number of aromatic nitrogens is 1. The summed E-state index contributed by atoms with van der Waals surface area (Å²) in [5, 5.41) is 0. The van der Waals surface area contributed by atoms with Crippen molar-refractivity contribution in [3.8, 4) is 0 Å². The molecule has 19 heavy (non-hydrogen) atoms. The maximum Gasteiger partial charge on any atom is 0.263 e. The van der Waals surface area contributed by atoms with Crippen LogP contribution in [0.15, 0.2) is 47.5 Å². The molecule has 0 aliphatic heterocycles. The lowest BCUT2D eigenvalue weighted by atomic mass is 10.3. The van der Waals surface area contributed by atoms with Gasteiger partial charge in [0.25, 0.3) is 10.0 Å². The second-order valence-corrected chi connectivity index (χ2v) is 5.50. The van der Waals surface area contributed by atoms with E-state index in [1.54, 1.807) is 12.1 Å². The van der Waals surface area contributed by atoms with Crippen molar-refractivity contribution in [2.75, 3.05) is 4.72 Å². The Balaban J connectivity index is 2.28. The molecule has 7 heteroatoms. The number of halogens is 1. The summed E-state index contributed by atoms with van der Waals surface area (Å²) >= 11 is 0. The van der Waals surface area contributed by atoms with Crippen LogP contribution in [0.1, 0.15) is 5.56 Å². The predicted octanol–water partition coefficient (Wildman–Crippen LogP) is 1.48. The second kappa shape index (κ2) is 5.33. The van der Waals surface area contributed by atoms with Crippen LogP contribution in [-0.2, 0) is 16.6 Å². The Hall–Kier alpha value is -1.99. The van der Waals surface area contributed by atoms with E-state index in [1.807, 2.05) is 0 Å². The summed E-state index contributed by atoms with van der Waals surface area (Å²) in [5.74, 6) is -0.325. The zero-order valence-electron chi connectivity index (χ0n) is 9.88. The van der Waals surface area contributed by atoms with Crippen molar-refractivity contribution < 1.29 is 12.8 Å². The predicted molar refractivity (Wildman–Crippen MR) is 69.3 cm³/mol. The lowest BCUT2D eigenvalue weighted by Crippen LogP contribution is -2.14. The number of hydrogen-bond acceptors (Lipinski definition) is 4. The van der Waals surface area contributed by atoms with Crippen molar-refractivity contribution in [3.63, 3.8) is 0 Å². The van der Waals surface area contributed by atoms with Gasteiger partial charge in [0, 0.05) is 12.7 Å². The van der Waals surface area contributed by atoms with Gasteiger partial charge >= 0.3 is 0 Å². The van der Waals surface area contributed by atoms with Crippen LogP contribution < -0.4 is 10.5 Å². The van der Waals surface area contributed by atoms with E-state index in [2.05, 4.69) is 9.71 Å². The second-order valence-electron chi connectivity index (χ2n) is 3.81. The van der Waals surface area contributed by atoms with Gasteiger partial charge in [0.1, 0.15) is 11.6 Å². The highest BCUT2D eigenvalue weighted by atomic mass is 32.2. The molecule has 0 aliphatic carbocycles. The van der Waals surface area contributed by atoms with Crippen LogP contribution in [0.5, 0.6) is 0 Å². The van der Waals surface area contributed by atoms with E-state index >= 15 is 0 Å². The molecule has 100 valence electrons. The van der Waals surface area contributed by atoms with Gasteiger partial charge in [-0.1, -0.05) is 0 Å². The first-order valence-corrected chi connectivity index (χ1v) is 6.93. The molecule has 1 aromatic heterocycles. The molecule has 0 spiro atoms. The van der Waals surface area contributed by atoms with Gasteiger partial charge in [-0.2, -0.15) is 0 Å². The highest BCUT2D eigenvalue weighted by Crippen LogP contribution is 2.15. The molecular weight excluding hydrogens is 269 g/mol. The van der Waals surface area contributed by atoms with Gasteiger partial charge in [-0.3, -0.25) is 4.72 Å². The van der Waals surface area contributed by atoms with Crippen molar-refractivity contribution in [1.29, 1.82) is 0 Å². The third-order valence-corrected chi connectivity index (χ3v) is 3.79. The van der Waals surface area contributed by atoms with Gasteiger partial charge in [0.15, 0.2) is 0 Å². The van der Waals surface area contributed by atoms with Crippen LogP contribution in [0.3, 0.4) is 0 Å². The van der Waals surface area contributed by atoms with E-state index in [0.29, 0.717) is 0 Å². The number of pyridine rings is 1. The average Bonchev–Trinajstić information content (AvgIpc) is 2.39. The quantitative estimate of drug-likeness (QED) is 0.889. The van der Waals surface area contributed by atoms with Crippen LogP contribution in [0.25, 0.3) is 0 Å². The molecule has 2 rings (SSSR count). The minimum absolute atomic E-state index is 0.0335. The van der Waals surface area contributed by atoms with Crippen molar-refractivity contribution in [3.05, 3.63) is 54.0 Å². The van der Waals surface area contributed by atoms with Crippen LogP contribution in [0, 0.1) is 5.82 Å². The number of nitrogens with zero attached hydrogens (tertiary/aromatic N) is 1. The Labute approximate surface area is 110 Å². The molecule has 5 nitrogen and oxygen atoms in total. The molecule has 0 radical (unpaired) electrons. The Morgan fingerprint density at radius 1 is 1.21 bits per heavy atom. The summed E-state index contributed by atoms with van der Waals surface area (Å²) < 4.78 is 39.1. The largest absolute Gasteiger partial charge is 0.326 e. The summed E-state index contributed by atoms with van der Waals surface area (Å²) in [5.41, 5.74) is 6.22. The third kappa shape index (κ3) is 3.27. The molecular formula is C12H12FN3O2S. The molecule has 0 fully saturated rings. The van der Waals surface area contributed by atoms with Crippen molar-refractivity contribution in [1.82, 2.24) is 4.98 Å². The topological polar surface area (TPSA) is 85.1 Å². The SMILES string of the molecule is NCc1ccnc(NS(=O)(=O)c2ccc(F)cc2)c1. The zero-order valence-corrected chi connectivity index (χ0v) is 10.7. The number of nitrogens with two attached hydrogens (primary N) is 1. The smallest absolute Gasteiger partial charge is 0.263 e. The normalized spacial score (nSPS) is 11.3. The summed E-state index contributed by atoms with van der Waals surface area (Å²) in [7, 11) is -3.78. The number of rotatable bonds is 4. The Bertz CT molecular complexity index is 672. The number of anilines is 1. The van der Waals surface area contributed by atoms with Crippen molar-refractivity contribution in [2.24, 2.45) is 5.73 Å². The lowest BCUT2D eigenvalue weighted by molar-refractivity contribution is 0.599. The molecule has 1 heterocycles. The van der Waals surface area contributed by atoms with E-state index in [1.165, 1.54) is 18.3 Å². The van der Waals surface area contributed by atoms with Gasteiger partial charge < -0.3 is 5.73 Å². The van der Waals surface area contributed by atoms with Crippen LogP contribution in [0.4, 0.5) is 10.2 Å². The molecule has 0 aliphatic rings. The Morgan fingerprint density at radius 2 is 1.89 bits per heavy atom. The number of sulfonamides is 1. The number of hydrogen-bond donors (Lipinski definition) is 2. The standard InChI is InChI=1S/C12H12FN3O2S/c13-10-1-3-11(4-2-10)19(17,18)16-12-7-9(8-14)5-6-15-12/h1-7H,8,14H2,(H,15,16). The maximum absolute atomic E-state index is 12.8. The molecule has 3 N–H and O–H groups in total. The highest BCUT2D eigenvalue weighted by Gasteiger charge is 2.14. The van der Waals surface area contributed by atoms with E-state index in [0.717, 1.165) is 17.7 Å². The maximum atomic E-state index is 12.8. The molecule has 1 aromatic carbocycles. The minimum Gasteiger partial charge on any atom is -0.326 e. The first-order valence-electron chi connectivity index (χ1n) is 5.44. The van der Waals surface area contributed by atoms with Crippen LogP contribution in [0.2, 0.25) is 0 Å². The Kier molecular flexibility index (Phi) is 3.77. The van der Waals surface area contributed by atoms with Gasteiger partial charge in [-0.25, -0.2) is 17.8 Å². The monoisotopic (exact) mass is 281 g/mol. The van der Waals surface area contributed by atoms with Gasteiger partial charge in [0.2, 0.25) is 0 Å². The highest BCUT2D eigenvalue weighted by molar-refractivity contribution is 7.92. The molecule has 0 amide bonds. The third-order valence-electron chi connectivity index (χ3n) is 2.42. The van der Waals surface area contributed by atoms with Crippen molar-refractivity contribution in [2.45, 2.75) is 11.4 Å². The molecule has 0 bridgehead atoms. The first-order chi connectivity index (χ1) is 9.01. The van der Waals surface area contributed by atoms with Crippen molar-refractivity contribution >= 4 is 15.8 Å². The first kappa shape index (κ1) is 13.4. The van der Waals surface area contributed by atoms with Gasteiger partial charge in [-0.15, -0.1) is 0 Å². The summed E-state index contributed by atoms with van der Waals surface area (Å²) in [4.78, 5) is 3.86. The fourth-order valence-corrected chi connectivity index (χ4v) is 2.47. The van der Waals surface area contributed by atoms with E-state index < -0.39 is 15.8 Å². The zero-order chi connectivity index (χ0) is 13.9. The average molecular weight is 281 g/mol. The fraction of sp³-hybridized carbons (Fsp3) is 0.0833. The summed E-state index contributed by atoms with van der Waals surface area (Å²) in [6, 6.07) is 7.77. The molecule has 0 unspecified atom stereocenters. The molecule has 2 aromatic rings. The lowest BCUT2D eigenvalue weighted by Gasteiger charge is -2.08. The molecule has 0 saturated carbocycles. The summed E-state index contributed by atoms with van der Waals surface area (Å²) in [6.07, 6.45) is 1.46. The van der Waals surface area contributed by atoms with Crippen LogP contribution >= 0.6 is 0 Å². The molecule has 0 atom stereocenters. The molecule has 0 saturated heterocycles. The van der Waals surface area contributed by atoms with Gasteiger partial charge in [0.05, 0.1) is 4.90 Å². The van der Waals surface area contributed by atoms with Crippen LogP contribution in [-0.4, -0.2) is 13.4 Å². The van der Waals surface area contributed by atoms with E-state index in [9.17, 15) is 12.8 Å². The number of benzene rings is 1. The van der Waals surface area contributed by atoms with E-state index in [4.69, 9.17) is 5.73 Å². The summed E-state index contributed by atoms with van der Waals surface area (Å²) in [6.45, 7) is 0.286. The Morgan fingerprint density at radius 3 is 2.53 bits per heavy atom.